The second-order valence-corrected chi connectivity index (χ2v) is 6.79. The number of hydrogen-bond donors (Lipinski definition) is 1. The van der Waals surface area contributed by atoms with Gasteiger partial charge >= 0.3 is 5.97 Å². The van der Waals surface area contributed by atoms with Crippen LogP contribution in [0.5, 0.6) is 0 Å². The second-order valence-electron chi connectivity index (χ2n) is 5.80. The number of hydrogen-bond acceptors (Lipinski definition) is 7. The van der Waals surface area contributed by atoms with Crippen molar-refractivity contribution in [2.45, 2.75) is 38.7 Å². The van der Waals surface area contributed by atoms with Crippen molar-refractivity contribution in [3.63, 3.8) is 0 Å². The lowest BCUT2D eigenvalue weighted by atomic mass is 10.1. The Balaban J connectivity index is 1.61. The molecule has 1 aliphatic rings. The molecular weight excluding hydrogens is 338 g/mol. The molecule has 136 valence electrons. The summed E-state index contributed by atoms with van der Waals surface area (Å²) in [6, 6.07) is 8.14. The van der Waals surface area contributed by atoms with Crippen LogP contribution in [0.1, 0.15) is 36.8 Å². The second kappa shape index (κ2) is 10.9. The molecule has 0 bridgehead atoms. The average molecular weight is 363 g/mol. The number of benzene rings is 1. The third-order valence-electron chi connectivity index (χ3n) is 3.79. The summed E-state index contributed by atoms with van der Waals surface area (Å²) in [5.74, 6) is 0.658. The Morgan fingerprint density at radius 3 is 2.84 bits per heavy atom. The Hall–Kier alpha value is -1.86. The minimum absolute atomic E-state index is 0.184. The van der Waals surface area contributed by atoms with E-state index in [2.05, 4.69) is 21.0 Å². The van der Waals surface area contributed by atoms with Gasteiger partial charge in [0.1, 0.15) is 0 Å². The number of thioether (sulfide) groups is 1. The predicted octanol–water partition coefficient (Wildman–Crippen LogP) is 2.90. The quantitative estimate of drug-likeness (QED) is 0.510. The molecule has 0 aromatic heterocycles. The number of nitrogens with zero attached hydrogens (tertiary/aromatic N) is 2. The van der Waals surface area contributed by atoms with Crippen molar-refractivity contribution >= 4 is 28.6 Å². The van der Waals surface area contributed by atoms with E-state index in [1.54, 1.807) is 0 Å². The van der Waals surface area contributed by atoms with E-state index < -0.39 is 0 Å². The lowest BCUT2D eigenvalue weighted by Crippen LogP contribution is -2.15. The Kier molecular flexibility index (Phi) is 8.48. The zero-order valence-corrected chi connectivity index (χ0v) is 15.4. The number of esters is 1. The summed E-state index contributed by atoms with van der Waals surface area (Å²) in [4.78, 5) is 11.2. The lowest BCUT2D eigenvalue weighted by Gasteiger charge is -2.09. The summed E-state index contributed by atoms with van der Waals surface area (Å²) in [6.07, 6.45) is 4.06. The molecule has 1 aromatic carbocycles. The first kappa shape index (κ1) is 19.5. The fraction of sp³-hybridized carbons (Fsp3) is 0.500. The molecule has 0 fully saturated rings. The van der Waals surface area contributed by atoms with Crippen LogP contribution in [-0.2, 0) is 27.3 Å². The first-order valence-electron chi connectivity index (χ1n) is 8.41. The summed E-state index contributed by atoms with van der Waals surface area (Å²) in [7, 11) is 1.41. The van der Waals surface area contributed by atoms with Crippen LogP contribution in [-0.4, -0.2) is 36.3 Å². The highest BCUT2D eigenvalue weighted by Crippen LogP contribution is 2.12. The average Bonchev–Trinajstić information content (AvgIpc) is 2.64. The van der Waals surface area contributed by atoms with Gasteiger partial charge in [-0.2, -0.15) is 5.10 Å². The molecule has 0 aliphatic carbocycles. The monoisotopic (exact) mass is 363 g/mol. The molecule has 25 heavy (non-hydrogen) atoms. The summed E-state index contributed by atoms with van der Waals surface area (Å²) >= 11 is 1.54. The highest BCUT2D eigenvalue weighted by atomic mass is 32.2. The molecule has 0 saturated carbocycles. The van der Waals surface area contributed by atoms with Crippen LogP contribution in [0.2, 0.25) is 0 Å². The summed E-state index contributed by atoms with van der Waals surface area (Å²) < 4.78 is 10.4. The van der Waals surface area contributed by atoms with Gasteiger partial charge in [0, 0.05) is 18.8 Å². The van der Waals surface area contributed by atoms with Crippen LogP contribution >= 0.6 is 11.8 Å². The van der Waals surface area contributed by atoms with E-state index in [1.807, 2.05) is 18.2 Å². The minimum Gasteiger partial charge on any atom is -0.469 e. The first-order chi connectivity index (χ1) is 12.2. The number of rotatable bonds is 10. The van der Waals surface area contributed by atoms with Crippen LogP contribution in [0.25, 0.3) is 0 Å². The van der Waals surface area contributed by atoms with Gasteiger partial charge in [-0.15, -0.1) is 5.10 Å². The smallest absolute Gasteiger partial charge is 0.305 e. The lowest BCUT2D eigenvalue weighted by molar-refractivity contribution is -0.140. The van der Waals surface area contributed by atoms with E-state index in [-0.39, 0.29) is 5.97 Å². The zero-order chi connectivity index (χ0) is 17.9. The molecule has 1 aliphatic heterocycles. The normalized spacial score (nSPS) is 14.0. The van der Waals surface area contributed by atoms with Gasteiger partial charge in [0.25, 0.3) is 0 Å². The van der Waals surface area contributed by atoms with Crippen LogP contribution in [0, 0.1) is 0 Å². The highest BCUT2D eigenvalue weighted by molar-refractivity contribution is 8.14. The first-order valence-corrected chi connectivity index (χ1v) is 9.40. The van der Waals surface area contributed by atoms with Gasteiger partial charge in [0.15, 0.2) is 5.17 Å². The Labute approximate surface area is 152 Å². The standard InChI is InChI=1S/C18H25N3O3S/c1-23-17(22)9-8-14-5-4-6-15(11-14)12-24-10-3-2-7-16-13-25-18(19)21-20-16/h4-6,11H,2-3,7-10,12-13H2,1H3,(H2,19,21). The van der Waals surface area contributed by atoms with E-state index in [1.165, 1.54) is 18.9 Å². The number of carbonyl (C=O) groups excluding carboxylic acids is 1. The largest absolute Gasteiger partial charge is 0.469 e. The molecule has 0 saturated heterocycles. The van der Waals surface area contributed by atoms with Gasteiger partial charge in [-0.05, 0) is 36.8 Å². The number of carbonyl (C=O) groups is 1. The number of ether oxygens (including phenoxy) is 2. The van der Waals surface area contributed by atoms with E-state index in [4.69, 9.17) is 10.5 Å². The van der Waals surface area contributed by atoms with Crippen molar-refractivity contribution in [2.75, 3.05) is 19.5 Å². The van der Waals surface area contributed by atoms with Crippen LogP contribution in [0.15, 0.2) is 34.5 Å². The molecule has 0 radical (unpaired) electrons. The fourth-order valence-corrected chi connectivity index (χ4v) is 3.02. The predicted molar refractivity (Wildman–Crippen MR) is 102 cm³/mol. The van der Waals surface area contributed by atoms with E-state index in [0.717, 1.165) is 48.5 Å². The van der Waals surface area contributed by atoms with Crippen molar-refractivity contribution in [3.8, 4) is 0 Å². The highest BCUT2D eigenvalue weighted by Gasteiger charge is 2.07. The molecule has 0 amide bonds. The zero-order valence-electron chi connectivity index (χ0n) is 14.6. The Morgan fingerprint density at radius 1 is 1.24 bits per heavy atom. The number of nitrogens with two attached hydrogens (primary N) is 1. The Morgan fingerprint density at radius 2 is 2.08 bits per heavy atom. The number of aryl methyl sites for hydroxylation is 1. The molecule has 2 rings (SSSR count). The third-order valence-corrected chi connectivity index (χ3v) is 4.64. The number of amidine groups is 1. The van der Waals surface area contributed by atoms with Gasteiger partial charge in [-0.25, -0.2) is 0 Å². The van der Waals surface area contributed by atoms with Gasteiger partial charge in [-0.1, -0.05) is 36.0 Å². The topological polar surface area (TPSA) is 86.3 Å². The molecule has 2 N–H and O–H groups in total. The maximum absolute atomic E-state index is 11.2. The summed E-state index contributed by atoms with van der Waals surface area (Å²) in [5, 5.41) is 8.54. The summed E-state index contributed by atoms with van der Waals surface area (Å²) in [6.45, 7) is 1.31. The van der Waals surface area contributed by atoms with Crippen molar-refractivity contribution in [1.82, 2.24) is 0 Å². The molecule has 1 aromatic rings. The fourth-order valence-electron chi connectivity index (χ4n) is 2.40. The van der Waals surface area contributed by atoms with Crippen LogP contribution in [0.4, 0.5) is 0 Å². The molecule has 1 heterocycles. The van der Waals surface area contributed by atoms with Gasteiger partial charge in [0.05, 0.1) is 19.4 Å². The molecular formula is C18H25N3O3S. The van der Waals surface area contributed by atoms with Crippen molar-refractivity contribution in [1.29, 1.82) is 0 Å². The van der Waals surface area contributed by atoms with Crippen molar-refractivity contribution in [3.05, 3.63) is 35.4 Å². The van der Waals surface area contributed by atoms with Gasteiger partial charge < -0.3 is 15.2 Å². The molecule has 0 atom stereocenters. The maximum Gasteiger partial charge on any atom is 0.305 e. The van der Waals surface area contributed by atoms with Crippen LogP contribution in [0.3, 0.4) is 0 Å². The van der Waals surface area contributed by atoms with Crippen molar-refractivity contribution < 1.29 is 14.3 Å². The van der Waals surface area contributed by atoms with Gasteiger partial charge in [-0.3, -0.25) is 4.79 Å². The molecule has 0 unspecified atom stereocenters. The van der Waals surface area contributed by atoms with Crippen molar-refractivity contribution in [2.24, 2.45) is 15.9 Å². The third kappa shape index (κ3) is 7.70. The van der Waals surface area contributed by atoms with Gasteiger partial charge in [0.2, 0.25) is 0 Å². The maximum atomic E-state index is 11.2. The summed E-state index contributed by atoms with van der Waals surface area (Å²) in [5.41, 5.74) is 8.91. The molecule has 0 spiro atoms. The molecule has 7 heteroatoms. The number of methoxy groups -OCH3 is 1. The Bertz CT molecular complexity index is 632. The molecule has 6 nitrogen and oxygen atoms in total. The van der Waals surface area contributed by atoms with Crippen LogP contribution < -0.4 is 5.73 Å². The van der Waals surface area contributed by atoms with E-state index >= 15 is 0 Å². The SMILES string of the molecule is COC(=O)CCc1cccc(COCCCCC2=NN=C(N)SC2)c1. The number of unbranched alkanes of at least 4 members (excludes halogenated alkanes) is 1. The van der Waals surface area contributed by atoms with E-state index in [0.29, 0.717) is 24.6 Å². The minimum atomic E-state index is -0.184. The van der Waals surface area contributed by atoms with E-state index in [9.17, 15) is 4.79 Å².